The largest absolute Gasteiger partial charge is 0.344 e. The van der Waals surface area contributed by atoms with Gasteiger partial charge in [-0.2, -0.15) is 0 Å². The van der Waals surface area contributed by atoms with Crippen LogP contribution in [0.25, 0.3) is 16.7 Å². The summed E-state index contributed by atoms with van der Waals surface area (Å²) in [6.45, 7) is 9.57. The first-order chi connectivity index (χ1) is 26.3. The molecule has 0 saturated carbocycles. The van der Waals surface area contributed by atoms with E-state index in [9.17, 15) is 0 Å². The zero-order chi connectivity index (χ0) is 36.6. The Labute approximate surface area is 320 Å². The fourth-order valence-electron chi connectivity index (χ4n) is 10.1. The van der Waals surface area contributed by atoms with Crippen molar-refractivity contribution in [1.82, 2.24) is 5.32 Å². The predicted molar refractivity (Wildman–Crippen MR) is 226 cm³/mol. The molecule has 4 atom stereocenters. The van der Waals surface area contributed by atoms with Gasteiger partial charge >= 0.3 is 0 Å². The standard InChI is InChI=1S/C51H47N3/c1-50(2)43-18-12-11-17-39(43)40-26-23-37(30-45(40)50)48-52-47(35-15-9-6-10-16-35)53-49(54-48)38-24-27-41-42-29-36(25-28-44(42)51(3,4)46(41)31-38)34-21-19-33(20-22-34)32-13-7-5-8-14-32/h5-19,21,24-31,37,41,46,49H,20,22-23H2,1-4H3,(H,52,53,54). The Bertz CT molecular complexity index is 2440. The van der Waals surface area contributed by atoms with Crippen molar-refractivity contribution in [3.8, 4) is 0 Å². The highest BCUT2D eigenvalue weighted by atomic mass is 15.2. The Hall–Kier alpha value is -5.54. The van der Waals surface area contributed by atoms with Gasteiger partial charge in [-0.05, 0) is 91.8 Å². The third-order valence-electron chi connectivity index (χ3n) is 13.1. The van der Waals surface area contributed by atoms with E-state index in [1.165, 1.54) is 61.2 Å². The number of rotatable bonds is 5. The quantitative estimate of drug-likeness (QED) is 0.221. The SMILES string of the molecule is CC1(C)C2=CC(C3=NC(C4=CC5C(C=C4)c4cc(C6=CC=C(c7ccccc7)CC6)ccc4C5(C)C)NC(c4ccccc4)=N3)CC=C2c2ccccc21. The summed E-state index contributed by atoms with van der Waals surface area (Å²) < 4.78 is 0. The van der Waals surface area contributed by atoms with Gasteiger partial charge < -0.3 is 5.32 Å². The van der Waals surface area contributed by atoms with Crippen LogP contribution in [0.1, 0.15) is 91.8 Å². The maximum absolute atomic E-state index is 5.44. The molecule has 0 radical (unpaired) electrons. The van der Waals surface area contributed by atoms with Gasteiger partial charge in [0.25, 0.3) is 0 Å². The van der Waals surface area contributed by atoms with Crippen LogP contribution in [0.15, 0.2) is 167 Å². The number of hydrogen-bond acceptors (Lipinski definition) is 3. The Morgan fingerprint density at radius 1 is 0.704 bits per heavy atom. The number of nitrogens with one attached hydrogen (secondary N) is 1. The Balaban J connectivity index is 0.969. The Morgan fingerprint density at radius 3 is 2.17 bits per heavy atom. The average Bonchev–Trinajstić information content (AvgIpc) is 3.60. The third kappa shape index (κ3) is 5.31. The Kier molecular flexibility index (Phi) is 7.66. The van der Waals surface area contributed by atoms with Gasteiger partial charge in [-0.15, -0.1) is 0 Å². The number of hydrogen-bond donors (Lipinski definition) is 1. The molecule has 1 aliphatic heterocycles. The van der Waals surface area contributed by atoms with E-state index in [-0.39, 0.29) is 22.9 Å². The highest BCUT2D eigenvalue weighted by molar-refractivity contribution is 6.09. The molecule has 3 heteroatoms. The summed E-state index contributed by atoms with van der Waals surface area (Å²) in [5.74, 6) is 2.60. The molecule has 6 aliphatic rings. The van der Waals surface area contributed by atoms with Crippen molar-refractivity contribution >= 4 is 28.4 Å². The molecule has 0 amide bonds. The first kappa shape index (κ1) is 33.1. The molecule has 266 valence electrons. The first-order valence-electron chi connectivity index (χ1n) is 19.8. The molecule has 5 aliphatic carbocycles. The molecule has 3 nitrogen and oxygen atoms in total. The second-order valence-electron chi connectivity index (χ2n) is 16.9. The zero-order valence-corrected chi connectivity index (χ0v) is 31.7. The molecule has 54 heavy (non-hydrogen) atoms. The summed E-state index contributed by atoms with van der Waals surface area (Å²) in [4.78, 5) is 10.7. The minimum Gasteiger partial charge on any atom is -0.344 e. The van der Waals surface area contributed by atoms with Gasteiger partial charge in [0, 0.05) is 22.8 Å². The average molecular weight is 702 g/mol. The van der Waals surface area contributed by atoms with Gasteiger partial charge in [0.1, 0.15) is 17.8 Å². The zero-order valence-electron chi connectivity index (χ0n) is 31.7. The molecule has 0 fully saturated rings. The van der Waals surface area contributed by atoms with E-state index < -0.39 is 0 Å². The van der Waals surface area contributed by atoms with Crippen LogP contribution in [0.2, 0.25) is 0 Å². The van der Waals surface area contributed by atoms with E-state index >= 15 is 0 Å². The van der Waals surface area contributed by atoms with Crippen LogP contribution in [0.4, 0.5) is 0 Å². The number of benzene rings is 4. The fraction of sp³-hybridized carbons (Fsp3) is 0.255. The van der Waals surface area contributed by atoms with Gasteiger partial charge in [-0.3, -0.25) is 0 Å². The molecule has 1 heterocycles. The van der Waals surface area contributed by atoms with Crippen LogP contribution in [-0.2, 0) is 10.8 Å². The van der Waals surface area contributed by atoms with Crippen LogP contribution in [0, 0.1) is 11.8 Å². The molecular formula is C51H47N3. The van der Waals surface area contributed by atoms with E-state index in [2.05, 4.69) is 179 Å². The number of fused-ring (bicyclic) bond motifs is 6. The molecule has 0 bridgehead atoms. The summed E-state index contributed by atoms with van der Waals surface area (Å²) in [5, 5.41) is 3.78. The van der Waals surface area contributed by atoms with Gasteiger partial charge in [-0.1, -0.05) is 173 Å². The summed E-state index contributed by atoms with van der Waals surface area (Å²) >= 11 is 0. The molecular weight excluding hydrogens is 655 g/mol. The minimum atomic E-state index is -0.212. The van der Waals surface area contributed by atoms with E-state index in [1.807, 2.05) is 0 Å². The number of allylic oxidation sites excluding steroid dienone is 9. The highest BCUT2D eigenvalue weighted by Gasteiger charge is 2.46. The van der Waals surface area contributed by atoms with Crippen molar-refractivity contribution in [2.45, 2.75) is 69.9 Å². The Morgan fingerprint density at radius 2 is 1.41 bits per heavy atom. The van der Waals surface area contributed by atoms with Crippen LogP contribution in [0.3, 0.4) is 0 Å². The smallest absolute Gasteiger partial charge is 0.147 e. The van der Waals surface area contributed by atoms with Crippen LogP contribution in [0.5, 0.6) is 0 Å². The minimum absolute atomic E-state index is 0.00846. The lowest BCUT2D eigenvalue weighted by Gasteiger charge is -2.33. The monoisotopic (exact) mass is 701 g/mol. The summed E-state index contributed by atoms with van der Waals surface area (Å²) in [6.07, 6.45) is 19.7. The third-order valence-corrected chi connectivity index (χ3v) is 13.1. The van der Waals surface area contributed by atoms with Gasteiger partial charge in [0.15, 0.2) is 0 Å². The van der Waals surface area contributed by atoms with Crippen molar-refractivity contribution in [2.75, 3.05) is 0 Å². The number of nitrogens with zero attached hydrogens (tertiary/aromatic N) is 2. The lowest BCUT2D eigenvalue weighted by Crippen LogP contribution is -2.41. The summed E-state index contributed by atoms with van der Waals surface area (Å²) in [5.41, 5.74) is 16.3. The van der Waals surface area contributed by atoms with E-state index in [4.69, 9.17) is 9.98 Å². The molecule has 4 aromatic rings. The van der Waals surface area contributed by atoms with Crippen LogP contribution < -0.4 is 5.32 Å². The lowest BCUT2D eigenvalue weighted by atomic mass is 9.73. The molecule has 1 N–H and O–H groups in total. The van der Waals surface area contributed by atoms with Crippen molar-refractivity contribution in [2.24, 2.45) is 21.8 Å². The molecule has 10 rings (SSSR count). The summed E-state index contributed by atoms with van der Waals surface area (Å²) in [6, 6.07) is 37.5. The maximum Gasteiger partial charge on any atom is 0.147 e. The summed E-state index contributed by atoms with van der Waals surface area (Å²) in [7, 11) is 0. The van der Waals surface area contributed by atoms with Crippen molar-refractivity contribution in [3.05, 3.63) is 196 Å². The van der Waals surface area contributed by atoms with Crippen molar-refractivity contribution in [3.63, 3.8) is 0 Å². The van der Waals surface area contributed by atoms with Gasteiger partial charge in [-0.25, -0.2) is 9.98 Å². The second kappa shape index (κ2) is 12.5. The maximum atomic E-state index is 5.44. The fourth-order valence-corrected chi connectivity index (χ4v) is 10.1. The van der Waals surface area contributed by atoms with Gasteiger partial charge in [0.05, 0.1) is 0 Å². The van der Waals surface area contributed by atoms with Gasteiger partial charge in [0.2, 0.25) is 0 Å². The normalized spacial score (nSPS) is 25.6. The molecule has 0 spiro atoms. The first-order valence-corrected chi connectivity index (χ1v) is 19.8. The predicted octanol–water partition coefficient (Wildman–Crippen LogP) is 11.5. The highest BCUT2D eigenvalue weighted by Crippen LogP contribution is 2.55. The number of amidine groups is 2. The van der Waals surface area contributed by atoms with Crippen molar-refractivity contribution < 1.29 is 0 Å². The molecule has 4 unspecified atom stereocenters. The van der Waals surface area contributed by atoms with Crippen LogP contribution in [-0.4, -0.2) is 17.8 Å². The van der Waals surface area contributed by atoms with E-state index in [1.54, 1.807) is 0 Å². The molecule has 4 aromatic carbocycles. The second-order valence-corrected chi connectivity index (χ2v) is 16.9. The van der Waals surface area contributed by atoms with Crippen LogP contribution >= 0.6 is 0 Å². The lowest BCUT2D eigenvalue weighted by molar-refractivity contribution is 0.390. The van der Waals surface area contributed by atoms with E-state index in [0.717, 1.165) is 36.5 Å². The van der Waals surface area contributed by atoms with E-state index in [0.29, 0.717) is 11.8 Å². The van der Waals surface area contributed by atoms with Crippen molar-refractivity contribution in [1.29, 1.82) is 0 Å². The molecule has 0 saturated heterocycles. The number of aliphatic imine (C=N–C) groups is 2. The molecule has 0 aromatic heterocycles. The topological polar surface area (TPSA) is 36.8 Å².